The number of benzene rings is 1. The van der Waals surface area contributed by atoms with Crippen LogP contribution in [0.3, 0.4) is 0 Å². The molecule has 0 radical (unpaired) electrons. The molecule has 0 saturated heterocycles. The molecule has 0 aromatic heterocycles. The fraction of sp³-hybridized carbons (Fsp3) is 0.500. The van der Waals surface area contributed by atoms with Crippen LogP contribution in [-0.4, -0.2) is 48.7 Å². The molecule has 1 aromatic carbocycles. The molecule has 3 N–H and O–H groups in total. The van der Waals surface area contributed by atoms with E-state index < -0.39 is 24.0 Å². The first-order valence-electron chi connectivity index (χ1n) is 8.16. The van der Waals surface area contributed by atoms with Crippen molar-refractivity contribution in [2.24, 2.45) is 5.92 Å². The van der Waals surface area contributed by atoms with Crippen LogP contribution in [0, 0.1) is 12.8 Å². The summed E-state index contributed by atoms with van der Waals surface area (Å²) < 4.78 is 4.79. The maximum absolute atomic E-state index is 12.5. The zero-order chi connectivity index (χ0) is 19.0. The topological polar surface area (TPSA) is 105 Å². The summed E-state index contributed by atoms with van der Waals surface area (Å²) in [6, 6.07) is 6.36. The average molecular weight is 350 g/mol. The number of carboxylic acid groups (broad SMARTS) is 1. The van der Waals surface area contributed by atoms with E-state index in [9.17, 15) is 14.4 Å². The van der Waals surface area contributed by atoms with Gasteiger partial charge in [-0.1, -0.05) is 32.0 Å². The summed E-state index contributed by atoms with van der Waals surface area (Å²) >= 11 is 0. The van der Waals surface area contributed by atoms with Crippen molar-refractivity contribution in [2.45, 2.75) is 39.3 Å². The highest BCUT2D eigenvalue weighted by atomic mass is 16.5. The Bertz CT molecular complexity index is 615. The van der Waals surface area contributed by atoms with Crippen molar-refractivity contribution in [2.75, 3.05) is 13.7 Å². The van der Waals surface area contributed by atoms with E-state index in [0.29, 0.717) is 12.0 Å². The summed E-state index contributed by atoms with van der Waals surface area (Å²) in [5, 5.41) is 14.2. The smallest absolute Gasteiger partial charge is 0.334 e. The van der Waals surface area contributed by atoms with Gasteiger partial charge in [0.1, 0.15) is 6.04 Å². The fourth-order valence-corrected chi connectivity index (χ4v) is 2.35. The Kier molecular flexibility index (Phi) is 8.07. The second-order valence-electron chi connectivity index (χ2n) is 6.28. The van der Waals surface area contributed by atoms with Gasteiger partial charge in [-0.2, -0.15) is 0 Å². The van der Waals surface area contributed by atoms with Gasteiger partial charge in [-0.25, -0.2) is 4.79 Å². The Morgan fingerprint density at radius 3 is 2.36 bits per heavy atom. The minimum absolute atomic E-state index is 0.167. The Morgan fingerprint density at radius 2 is 1.84 bits per heavy atom. The summed E-state index contributed by atoms with van der Waals surface area (Å²) in [7, 11) is 1.26. The second-order valence-corrected chi connectivity index (χ2v) is 6.28. The summed E-state index contributed by atoms with van der Waals surface area (Å²) in [4.78, 5) is 35.8. The normalized spacial score (nSPS) is 13.2. The number of nitrogens with one attached hydrogen (secondary N) is 2. The van der Waals surface area contributed by atoms with E-state index in [0.717, 1.165) is 5.56 Å². The fourth-order valence-electron chi connectivity index (χ4n) is 2.35. The number of ether oxygens (including phenoxy) is 1. The van der Waals surface area contributed by atoms with E-state index in [2.05, 4.69) is 10.6 Å². The highest BCUT2D eigenvalue weighted by Gasteiger charge is 2.25. The molecule has 0 aliphatic heterocycles. The van der Waals surface area contributed by atoms with Gasteiger partial charge in [-0.05, 0) is 30.9 Å². The quantitative estimate of drug-likeness (QED) is 0.624. The highest BCUT2D eigenvalue weighted by molar-refractivity contribution is 5.98. The van der Waals surface area contributed by atoms with E-state index in [1.807, 2.05) is 32.9 Å². The molecular weight excluding hydrogens is 324 g/mol. The first-order chi connectivity index (χ1) is 11.8. The lowest BCUT2D eigenvalue weighted by atomic mass is 10.0. The molecule has 0 saturated carbocycles. The van der Waals surface area contributed by atoms with Crippen molar-refractivity contribution in [3.05, 3.63) is 35.4 Å². The molecule has 25 heavy (non-hydrogen) atoms. The number of aliphatic carboxylic acids is 1. The van der Waals surface area contributed by atoms with Crippen LogP contribution >= 0.6 is 0 Å². The van der Waals surface area contributed by atoms with Crippen molar-refractivity contribution in [1.82, 2.24) is 10.6 Å². The third-order valence-electron chi connectivity index (χ3n) is 3.74. The number of carboxylic acids is 1. The van der Waals surface area contributed by atoms with Gasteiger partial charge in [0.25, 0.3) is 5.91 Å². The number of carbonyl (C=O) groups excluding carboxylic acids is 2. The number of methoxy groups -OCH3 is 1. The predicted molar refractivity (Wildman–Crippen MR) is 93.3 cm³/mol. The van der Waals surface area contributed by atoms with Gasteiger partial charge < -0.3 is 20.5 Å². The standard InChI is InChI=1S/C18H26N2O5/c1-11(2)9-14(17(22)19-10-15(25-4)18(23)24)20-16(21)13-8-6-5-7-12(13)3/h5-8,11,14-15H,9-10H2,1-4H3,(H,19,22)(H,20,21)(H,23,24). The van der Waals surface area contributed by atoms with Crippen LogP contribution in [0.5, 0.6) is 0 Å². The average Bonchev–Trinajstić information content (AvgIpc) is 2.54. The van der Waals surface area contributed by atoms with Gasteiger partial charge in [-0.15, -0.1) is 0 Å². The van der Waals surface area contributed by atoms with Crippen LogP contribution in [0.1, 0.15) is 36.2 Å². The molecule has 2 unspecified atom stereocenters. The summed E-state index contributed by atoms with van der Waals surface area (Å²) in [5.74, 6) is -1.75. The third-order valence-corrected chi connectivity index (χ3v) is 3.74. The Morgan fingerprint density at radius 1 is 1.20 bits per heavy atom. The van der Waals surface area contributed by atoms with Gasteiger partial charge >= 0.3 is 5.97 Å². The molecule has 0 spiro atoms. The first-order valence-corrected chi connectivity index (χ1v) is 8.16. The maximum Gasteiger partial charge on any atom is 0.334 e. The molecule has 7 nitrogen and oxygen atoms in total. The van der Waals surface area contributed by atoms with Crippen molar-refractivity contribution < 1.29 is 24.2 Å². The first kappa shape index (κ1) is 20.6. The SMILES string of the molecule is COC(CNC(=O)C(CC(C)C)NC(=O)c1ccccc1C)C(=O)O. The molecule has 0 aliphatic carbocycles. The molecule has 0 aliphatic rings. The molecule has 2 amide bonds. The minimum atomic E-state index is -1.16. The lowest BCUT2D eigenvalue weighted by Gasteiger charge is -2.21. The summed E-state index contributed by atoms with van der Waals surface area (Å²) in [6.45, 7) is 5.53. The number of aryl methyl sites for hydroxylation is 1. The van der Waals surface area contributed by atoms with Crippen molar-refractivity contribution in [1.29, 1.82) is 0 Å². The zero-order valence-corrected chi connectivity index (χ0v) is 15.0. The van der Waals surface area contributed by atoms with Crippen LogP contribution in [0.15, 0.2) is 24.3 Å². The Hall–Kier alpha value is -2.41. The van der Waals surface area contributed by atoms with E-state index in [1.165, 1.54) is 7.11 Å². The van der Waals surface area contributed by atoms with E-state index in [-0.39, 0.29) is 18.4 Å². The predicted octanol–water partition coefficient (Wildman–Crippen LogP) is 1.36. The van der Waals surface area contributed by atoms with Gasteiger partial charge in [0.15, 0.2) is 6.10 Å². The Labute approximate surface area is 147 Å². The number of amides is 2. The molecular formula is C18H26N2O5. The summed E-state index contributed by atoms with van der Waals surface area (Å²) in [6.07, 6.45) is -0.690. The molecule has 2 atom stereocenters. The monoisotopic (exact) mass is 350 g/mol. The third kappa shape index (κ3) is 6.54. The number of carbonyl (C=O) groups is 3. The number of rotatable bonds is 9. The molecule has 0 heterocycles. The zero-order valence-electron chi connectivity index (χ0n) is 15.0. The van der Waals surface area contributed by atoms with Gasteiger partial charge in [0, 0.05) is 12.7 Å². The highest BCUT2D eigenvalue weighted by Crippen LogP contribution is 2.10. The lowest BCUT2D eigenvalue weighted by Crippen LogP contribution is -2.50. The molecule has 7 heteroatoms. The molecule has 138 valence electrons. The number of hydrogen-bond donors (Lipinski definition) is 3. The van der Waals surface area contributed by atoms with E-state index in [4.69, 9.17) is 9.84 Å². The van der Waals surface area contributed by atoms with Crippen molar-refractivity contribution in [3.8, 4) is 0 Å². The van der Waals surface area contributed by atoms with Crippen LogP contribution in [-0.2, 0) is 14.3 Å². The van der Waals surface area contributed by atoms with E-state index >= 15 is 0 Å². The van der Waals surface area contributed by atoms with Crippen LogP contribution in [0.2, 0.25) is 0 Å². The summed E-state index contributed by atoms with van der Waals surface area (Å²) in [5.41, 5.74) is 1.32. The number of hydrogen-bond acceptors (Lipinski definition) is 4. The van der Waals surface area contributed by atoms with Crippen molar-refractivity contribution in [3.63, 3.8) is 0 Å². The van der Waals surface area contributed by atoms with Gasteiger partial charge in [0.2, 0.25) is 5.91 Å². The molecule has 0 fully saturated rings. The van der Waals surface area contributed by atoms with Crippen LogP contribution in [0.25, 0.3) is 0 Å². The maximum atomic E-state index is 12.5. The lowest BCUT2D eigenvalue weighted by molar-refractivity contribution is -0.148. The molecule has 0 bridgehead atoms. The molecule has 1 rings (SSSR count). The largest absolute Gasteiger partial charge is 0.479 e. The second kappa shape index (κ2) is 9.78. The van der Waals surface area contributed by atoms with Crippen LogP contribution < -0.4 is 10.6 Å². The van der Waals surface area contributed by atoms with Crippen LogP contribution in [0.4, 0.5) is 0 Å². The Balaban J connectivity index is 2.79. The minimum Gasteiger partial charge on any atom is -0.479 e. The van der Waals surface area contributed by atoms with Crippen molar-refractivity contribution >= 4 is 17.8 Å². The molecule has 1 aromatic rings. The van der Waals surface area contributed by atoms with E-state index in [1.54, 1.807) is 12.1 Å². The van der Waals surface area contributed by atoms with Gasteiger partial charge in [-0.3, -0.25) is 9.59 Å². The van der Waals surface area contributed by atoms with Gasteiger partial charge in [0.05, 0.1) is 6.54 Å².